The van der Waals surface area contributed by atoms with Gasteiger partial charge in [0.05, 0.1) is 6.54 Å². The van der Waals surface area contributed by atoms with E-state index < -0.39 is 0 Å². The van der Waals surface area contributed by atoms with E-state index in [1.165, 1.54) is 0 Å². The summed E-state index contributed by atoms with van der Waals surface area (Å²) in [7, 11) is 0. The summed E-state index contributed by atoms with van der Waals surface area (Å²) in [5.74, 6) is 0.319. The van der Waals surface area contributed by atoms with Crippen molar-refractivity contribution in [1.82, 2.24) is 35.1 Å². The van der Waals surface area contributed by atoms with Crippen LogP contribution in [-0.2, 0) is 13.1 Å². The Kier molecular flexibility index (Phi) is 5.50. The standard InChI is InChI=1S/C24H21N7O2/c32-23(25-10-14-30-11-1-2-12-30)20-8-7-18-9-13-31(24(33)21(18)15-20)16-17-3-5-19(6-4-17)22-26-28-29-27-22/h1-9,11-13,15H,10,14,16H2,(H,25,32)(H,26,27,28,29). The molecule has 2 aromatic carbocycles. The number of H-pyrrole nitrogens is 1. The van der Waals surface area contributed by atoms with Crippen LogP contribution in [-0.4, -0.2) is 42.2 Å². The summed E-state index contributed by atoms with van der Waals surface area (Å²) < 4.78 is 3.63. The van der Waals surface area contributed by atoms with Gasteiger partial charge in [0, 0.05) is 48.2 Å². The van der Waals surface area contributed by atoms with Gasteiger partial charge in [-0.15, -0.1) is 10.2 Å². The number of fused-ring (bicyclic) bond motifs is 1. The summed E-state index contributed by atoms with van der Waals surface area (Å²) in [4.78, 5) is 25.7. The normalized spacial score (nSPS) is 11.0. The number of tetrazole rings is 1. The summed E-state index contributed by atoms with van der Waals surface area (Å²) in [6.07, 6.45) is 5.67. The smallest absolute Gasteiger partial charge is 0.258 e. The molecule has 0 aliphatic rings. The molecule has 3 aromatic heterocycles. The monoisotopic (exact) mass is 439 g/mol. The second-order valence-corrected chi connectivity index (χ2v) is 7.66. The van der Waals surface area contributed by atoms with Gasteiger partial charge in [0.1, 0.15) is 0 Å². The number of aromatic amines is 1. The summed E-state index contributed by atoms with van der Waals surface area (Å²) in [6, 6.07) is 18.6. The Hall–Kier alpha value is -4.53. The number of hydrogen-bond donors (Lipinski definition) is 2. The zero-order valence-electron chi connectivity index (χ0n) is 17.7. The highest BCUT2D eigenvalue weighted by Gasteiger charge is 2.10. The maximum atomic E-state index is 13.1. The molecule has 164 valence electrons. The molecule has 1 amide bonds. The first-order valence-corrected chi connectivity index (χ1v) is 10.5. The number of rotatable bonds is 7. The maximum absolute atomic E-state index is 13.1. The van der Waals surface area contributed by atoms with Crippen LogP contribution in [0, 0.1) is 0 Å². The van der Waals surface area contributed by atoms with Gasteiger partial charge in [-0.25, -0.2) is 0 Å². The molecule has 33 heavy (non-hydrogen) atoms. The van der Waals surface area contributed by atoms with Crippen LogP contribution in [0.15, 0.2) is 84.0 Å². The zero-order valence-corrected chi connectivity index (χ0v) is 17.7. The average molecular weight is 439 g/mol. The van der Waals surface area contributed by atoms with Crippen molar-refractivity contribution in [3.8, 4) is 11.4 Å². The minimum Gasteiger partial charge on any atom is -0.353 e. The highest BCUT2D eigenvalue weighted by molar-refractivity contribution is 5.98. The molecule has 0 aliphatic heterocycles. The van der Waals surface area contributed by atoms with E-state index >= 15 is 0 Å². The molecule has 0 fully saturated rings. The molecule has 0 bridgehead atoms. The number of aromatic nitrogens is 6. The van der Waals surface area contributed by atoms with Crippen molar-refractivity contribution in [3.05, 3.63) is 101 Å². The second kappa shape index (κ2) is 8.91. The molecule has 9 heteroatoms. The van der Waals surface area contributed by atoms with Gasteiger partial charge in [0.2, 0.25) is 5.82 Å². The lowest BCUT2D eigenvalue weighted by Gasteiger charge is -2.10. The molecule has 0 unspecified atom stereocenters. The number of benzene rings is 2. The van der Waals surface area contributed by atoms with E-state index in [-0.39, 0.29) is 11.5 Å². The van der Waals surface area contributed by atoms with Crippen LogP contribution in [0.25, 0.3) is 22.2 Å². The predicted molar refractivity (Wildman–Crippen MR) is 124 cm³/mol. The highest BCUT2D eigenvalue weighted by Crippen LogP contribution is 2.16. The van der Waals surface area contributed by atoms with E-state index in [0.717, 1.165) is 16.5 Å². The lowest BCUT2D eigenvalue weighted by atomic mass is 10.1. The molecule has 0 radical (unpaired) electrons. The Balaban J connectivity index is 1.33. The number of nitrogens with zero attached hydrogens (tertiary/aromatic N) is 5. The van der Waals surface area contributed by atoms with Gasteiger partial charge in [-0.2, -0.15) is 5.21 Å². The fraction of sp³-hybridized carbons (Fsp3) is 0.125. The van der Waals surface area contributed by atoms with Gasteiger partial charge >= 0.3 is 0 Å². The Morgan fingerprint density at radius 2 is 1.82 bits per heavy atom. The molecule has 0 spiro atoms. The van der Waals surface area contributed by atoms with E-state index in [1.807, 2.05) is 65.5 Å². The third kappa shape index (κ3) is 4.42. The second-order valence-electron chi connectivity index (χ2n) is 7.66. The lowest BCUT2D eigenvalue weighted by Crippen LogP contribution is -2.27. The van der Waals surface area contributed by atoms with E-state index in [0.29, 0.717) is 36.4 Å². The highest BCUT2D eigenvalue weighted by atomic mass is 16.1. The Labute approximate surface area is 188 Å². The molecule has 5 rings (SSSR count). The van der Waals surface area contributed by atoms with Crippen molar-refractivity contribution < 1.29 is 4.79 Å². The number of carbonyl (C=O) groups excluding carboxylic acids is 1. The van der Waals surface area contributed by atoms with Crippen LogP contribution in [0.1, 0.15) is 15.9 Å². The quantitative estimate of drug-likeness (QED) is 0.405. The van der Waals surface area contributed by atoms with Gasteiger partial charge in [-0.3, -0.25) is 9.59 Å². The van der Waals surface area contributed by atoms with Crippen molar-refractivity contribution in [2.75, 3.05) is 6.54 Å². The summed E-state index contributed by atoms with van der Waals surface area (Å²) >= 11 is 0. The third-order valence-electron chi connectivity index (χ3n) is 5.47. The fourth-order valence-electron chi connectivity index (χ4n) is 3.71. The molecule has 9 nitrogen and oxygen atoms in total. The van der Waals surface area contributed by atoms with Crippen molar-refractivity contribution >= 4 is 16.7 Å². The van der Waals surface area contributed by atoms with Crippen LogP contribution in [0.2, 0.25) is 0 Å². The van der Waals surface area contributed by atoms with Crippen molar-refractivity contribution in [1.29, 1.82) is 0 Å². The Morgan fingerprint density at radius 3 is 2.58 bits per heavy atom. The maximum Gasteiger partial charge on any atom is 0.258 e. The first kappa shape index (κ1) is 20.4. The first-order chi connectivity index (χ1) is 16.2. The largest absolute Gasteiger partial charge is 0.353 e. The van der Waals surface area contributed by atoms with Crippen LogP contribution in [0.5, 0.6) is 0 Å². The lowest BCUT2D eigenvalue weighted by molar-refractivity contribution is 0.0952. The third-order valence-corrected chi connectivity index (χ3v) is 5.47. The van der Waals surface area contributed by atoms with E-state index in [4.69, 9.17) is 0 Å². The SMILES string of the molecule is O=C(NCCn1cccc1)c1ccc2ccn(Cc3ccc(-c4nn[nH]n4)cc3)c(=O)c2c1. The molecule has 0 saturated heterocycles. The van der Waals surface area contributed by atoms with Gasteiger partial charge in [-0.1, -0.05) is 30.3 Å². The van der Waals surface area contributed by atoms with Crippen LogP contribution in [0.4, 0.5) is 0 Å². The Morgan fingerprint density at radius 1 is 1.00 bits per heavy atom. The van der Waals surface area contributed by atoms with Crippen LogP contribution < -0.4 is 10.9 Å². The molecule has 0 saturated carbocycles. The van der Waals surface area contributed by atoms with Crippen molar-refractivity contribution in [2.45, 2.75) is 13.1 Å². The number of nitrogens with one attached hydrogen (secondary N) is 2. The van der Waals surface area contributed by atoms with E-state index in [2.05, 4.69) is 25.9 Å². The minimum atomic E-state index is -0.198. The fourth-order valence-corrected chi connectivity index (χ4v) is 3.71. The number of carbonyl (C=O) groups is 1. The molecule has 0 aliphatic carbocycles. The van der Waals surface area contributed by atoms with E-state index in [9.17, 15) is 9.59 Å². The molecule has 3 heterocycles. The molecule has 5 aromatic rings. The van der Waals surface area contributed by atoms with Gasteiger partial charge in [0.25, 0.3) is 11.5 Å². The molecule has 2 N–H and O–H groups in total. The van der Waals surface area contributed by atoms with Gasteiger partial charge in [0.15, 0.2) is 0 Å². The first-order valence-electron chi connectivity index (χ1n) is 10.5. The molecular formula is C24H21N7O2. The van der Waals surface area contributed by atoms with Crippen molar-refractivity contribution in [3.63, 3.8) is 0 Å². The minimum absolute atomic E-state index is 0.142. The van der Waals surface area contributed by atoms with Crippen LogP contribution >= 0.6 is 0 Å². The summed E-state index contributed by atoms with van der Waals surface area (Å²) in [6.45, 7) is 1.60. The van der Waals surface area contributed by atoms with Gasteiger partial charge in [-0.05, 0) is 46.5 Å². The van der Waals surface area contributed by atoms with Crippen LogP contribution in [0.3, 0.4) is 0 Å². The number of pyridine rings is 1. The molecule has 0 atom stereocenters. The van der Waals surface area contributed by atoms with Crippen molar-refractivity contribution in [2.24, 2.45) is 0 Å². The Bertz CT molecular complexity index is 1440. The summed E-state index contributed by atoms with van der Waals surface area (Å²) in [5.41, 5.74) is 2.12. The zero-order chi connectivity index (χ0) is 22.6. The van der Waals surface area contributed by atoms with Gasteiger partial charge < -0.3 is 14.5 Å². The topological polar surface area (TPSA) is 110 Å². The average Bonchev–Trinajstić information content (AvgIpc) is 3.56. The number of amides is 1. The predicted octanol–water partition coefficient (Wildman–Crippen LogP) is 2.46. The molecular weight excluding hydrogens is 418 g/mol. The summed E-state index contributed by atoms with van der Waals surface area (Å²) in [5, 5.41) is 18.1. The number of hydrogen-bond acceptors (Lipinski definition) is 5. The van der Waals surface area contributed by atoms with E-state index in [1.54, 1.807) is 22.9 Å².